The Kier molecular flexibility index (Phi) is 6.31. The van der Waals surface area contributed by atoms with E-state index in [-0.39, 0.29) is 11.5 Å². The van der Waals surface area contributed by atoms with Crippen molar-refractivity contribution in [2.75, 3.05) is 13.7 Å². The molecule has 0 aliphatic heterocycles. The lowest BCUT2D eigenvalue weighted by atomic mass is 10.1. The summed E-state index contributed by atoms with van der Waals surface area (Å²) in [4.78, 5) is 24.9. The van der Waals surface area contributed by atoms with Crippen LogP contribution in [0.25, 0.3) is 16.8 Å². The average Bonchev–Trinajstić information content (AvgIpc) is 2.71. The minimum absolute atomic E-state index is 0.0820. The van der Waals surface area contributed by atoms with Crippen molar-refractivity contribution in [3.8, 4) is 0 Å². The molecule has 0 fully saturated rings. The number of nitrogens with one attached hydrogen (secondary N) is 1. The summed E-state index contributed by atoms with van der Waals surface area (Å²) in [5.41, 5.74) is 2.24. The molecule has 1 amide bonds. The molecule has 0 aliphatic carbocycles. The molecule has 1 heterocycles. The van der Waals surface area contributed by atoms with Gasteiger partial charge in [0.05, 0.1) is 19.4 Å². The van der Waals surface area contributed by atoms with Crippen molar-refractivity contribution in [1.82, 2.24) is 9.88 Å². The van der Waals surface area contributed by atoms with Crippen molar-refractivity contribution in [3.05, 3.63) is 86.4 Å². The van der Waals surface area contributed by atoms with E-state index in [9.17, 15) is 9.59 Å². The van der Waals surface area contributed by atoms with Gasteiger partial charge in [-0.15, -0.1) is 0 Å². The first kappa shape index (κ1) is 19.9. The summed E-state index contributed by atoms with van der Waals surface area (Å²) in [7, 11) is 1.60. The van der Waals surface area contributed by atoms with E-state index in [1.54, 1.807) is 30.0 Å². The van der Waals surface area contributed by atoms with Gasteiger partial charge in [-0.25, -0.2) is 0 Å². The average molecular weight is 441 g/mol. The quantitative estimate of drug-likeness (QED) is 0.584. The molecule has 0 aliphatic rings. The second-order valence-electron chi connectivity index (χ2n) is 6.24. The topological polar surface area (TPSA) is 60.3 Å². The summed E-state index contributed by atoms with van der Waals surface area (Å²) in [6, 6.07) is 12.9. The predicted octanol–water partition coefficient (Wildman–Crippen LogP) is 4.18. The van der Waals surface area contributed by atoms with Crippen molar-refractivity contribution in [1.29, 1.82) is 0 Å². The van der Waals surface area contributed by atoms with Crippen LogP contribution in [0.3, 0.4) is 0 Å². The molecule has 0 atom stereocenters. The number of pyridine rings is 1. The van der Waals surface area contributed by atoms with Gasteiger partial charge in [0.2, 0.25) is 0 Å². The number of amides is 1. The Hall–Kier alpha value is -2.86. The van der Waals surface area contributed by atoms with Crippen LogP contribution in [0.15, 0.2) is 64.2 Å². The Morgan fingerprint density at radius 3 is 2.79 bits per heavy atom. The van der Waals surface area contributed by atoms with Crippen LogP contribution >= 0.6 is 15.9 Å². The van der Waals surface area contributed by atoms with Crippen LogP contribution in [-0.2, 0) is 11.3 Å². The normalized spacial score (nSPS) is 11.1. The van der Waals surface area contributed by atoms with E-state index in [0.717, 1.165) is 21.0 Å². The van der Waals surface area contributed by atoms with Crippen molar-refractivity contribution in [2.24, 2.45) is 0 Å². The second-order valence-corrected chi connectivity index (χ2v) is 7.16. The number of aromatic nitrogens is 1. The largest absolute Gasteiger partial charge is 0.501 e. The Balaban J connectivity index is 2.08. The molecule has 0 radical (unpaired) electrons. The number of carbonyl (C=O) groups is 1. The van der Waals surface area contributed by atoms with E-state index in [1.807, 2.05) is 49.5 Å². The monoisotopic (exact) mass is 440 g/mol. The maximum atomic E-state index is 13.0. The smallest absolute Gasteiger partial charge is 0.258 e. The molecule has 1 aromatic heterocycles. The number of nitrogens with zero attached hydrogens (tertiary/aromatic N) is 1. The molecule has 0 bridgehead atoms. The molecule has 0 unspecified atom stereocenters. The van der Waals surface area contributed by atoms with Gasteiger partial charge < -0.3 is 14.6 Å². The van der Waals surface area contributed by atoms with Crippen LogP contribution in [0.1, 0.15) is 28.4 Å². The zero-order valence-electron chi connectivity index (χ0n) is 15.7. The minimum atomic E-state index is -0.155. The van der Waals surface area contributed by atoms with Gasteiger partial charge in [0.15, 0.2) is 0 Å². The molecule has 3 aromatic rings. The first-order chi connectivity index (χ1) is 13.5. The van der Waals surface area contributed by atoms with Crippen molar-refractivity contribution in [3.63, 3.8) is 0 Å². The van der Waals surface area contributed by atoms with Crippen LogP contribution < -0.4 is 10.9 Å². The van der Waals surface area contributed by atoms with E-state index in [0.29, 0.717) is 24.1 Å². The maximum absolute atomic E-state index is 13.0. The van der Waals surface area contributed by atoms with Gasteiger partial charge in [-0.2, -0.15) is 0 Å². The Labute approximate surface area is 171 Å². The molecule has 5 nitrogen and oxygen atoms in total. The lowest BCUT2D eigenvalue weighted by Crippen LogP contribution is -2.22. The number of hydrogen-bond donors (Lipinski definition) is 1. The predicted molar refractivity (Wildman–Crippen MR) is 116 cm³/mol. The fourth-order valence-electron chi connectivity index (χ4n) is 3.01. The van der Waals surface area contributed by atoms with Gasteiger partial charge in [-0.3, -0.25) is 9.59 Å². The maximum Gasteiger partial charge on any atom is 0.258 e. The zero-order valence-corrected chi connectivity index (χ0v) is 17.3. The van der Waals surface area contributed by atoms with Crippen LogP contribution in [0.5, 0.6) is 0 Å². The van der Waals surface area contributed by atoms with Crippen molar-refractivity contribution < 1.29 is 9.53 Å². The highest BCUT2D eigenvalue weighted by Crippen LogP contribution is 2.22. The van der Waals surface area contributed by atoms with E-state index in [2.05, 4.69) is 21.2 Å². The summed E-state index contributed by atoms with van der Waals surface area (Å²) >= 11 is 3.47. The molecule has 6 heteroatoms. The molecule has 28 heavy (non-hydrogen) atoms. The molecule has 0 saturated carbocycles. The summed E-state index contributed by atoms with van der Waals surface area (Å²) in [6.45, 7) is 2.86. The van der Waals surface area contributed by atoms with Crippen LogP contribution in [0, 0.1) is 0 Å². The minimum Gasteiger partial charge on any atom is -0.501 e. The highest BCUT2D eigenvalue weighted by molar-refractivity contribution is 9.10. The number of ether oxygens (including phenoxy) is 1. The highest BCUT2D eigenvalue weighted by atomic mass is 79.9. The standard InChI is InChI=1S/C22H21BrN2O3/c1-3-28-10-9-17-14-25(22(27)19-8-7-18(23)12-20(17)19)13-15-5-4-6-16(11-15)21(26)24-2/h4-12,14H,3,13H2,1-2H3,(H,24,26). The molecular weight excluding hydrogens is 420 g/mol. The summed E-state index contributed by atoms with van der Waals surface area (Å²) in [6.07, 6.45) is 5.31. The summed E-state index contributed by atoms with van der Waals surface area (Å²) in [5.74, 6) is -0.155. The molecule has 144 valence electrons. The van der Waals surface area contributed by atoms with Gasteiger partial charge in [-0.05, 0) is 54.3 Å². The second kappa shape index (κ2) is 8.89. The Bertz CT molecular complexity index is 1100. The van der Waals surface area contributed by atoms with Crippen LogP contribution in [0.2, 0.25) is 0 Å². The molecule has 0 spiro atoms. The highest BCUT2D eigenvalue weighted by Gasteiger charge is 2.10. The van der Waals surface area contributed by atoms with E-state index in [1.165, 1.54) is 0 Å². The number of fused-ring (bicyclic) bond motifs is 1. The van der Waals surface area contributed by atoms with Gasteiger partial charge in [-0.1, -0.05) is 28.1 Å². The van der Waals surface area contributed by atoms with Crippen LogP contribution in [0.4, 0.5) is 0 Å². The third kappa shape index (κ3) is 4.34. The van der Waals surface area contributed by atoms with Gasteiger partial charge >= 0.3 is 0 Å². The summed E-state index contributed by atoms with van der Waals surface area (Å²) < 4.78 is 7.90. The molecule has 2 aromatic carbocycles. The third-order valence-corrected chi connectivity index (χ3v) is 4.85. The fraction of sp³-hybridized carbons (Fsp3) is 0.182. The summed E-state index contributed by atoms with van der Waals surface area (Å²) in [5, 5.41) is 4.10. The Morgan fingerprint density at radius 2 is 2.04 bits per heavy atom. The first-order valence-electron chi connectivity index (χ1n) is 8.95. The lowest BCUT2D eigenvalue weighted by Gasteiger charge is -2.12. The Morgan fingerprint density at radius 1 is 1.21 bits per heavy atom. The van der Waals surface area contributed by atoms with E-state index in [4.69, 9.17) is 4.74 Å². The van der Waals surface area contributed by atoms with Crippen LogP contribution in [-0.4, -0.2) is 24.1 Å². The van der Waals surface area contributed by atoms with Gasteiger partial charge in [0.25, 0.3) is 11.5 Å². The van der Waals surface area contributed by atoms with E-state index >= 15 is 0 Å². The molecular formula is C22H21BrN2O3. The third-order valence-electron chi connectivity index (χ3n) is 4.36. The number of rotatable bonds is 6. The number of benzene rings is 2. The van der Waals surface area contributed by atoms with Crippen molar-refractivity contribution in [2.45, 2.75) is 13.5 Å². The van der Waals surface area contributed by atoms with Gasteiger partial charge in [0.1, 0.15) is 0 Å². The SMILES string of the molecule is CCOC=Cc1cn(Cc2cccc(C(=O)NC)c2)c(=O)c2ccc(Br)cc12. The number of carbonyl (C=O) groups excluding carboxylic acids is 1. The number of hydrogen-bond acceptors (Lipinski definition) is 3. The fourth-order valence-corrected chi connectivity index (χ4v) is 3.37. The zero-order chi connectivity index (χ0) is 20.1. The molecule has 1 N–H and O–H groups in total. The first-order valence-corrected chi connectivity index (χ1v) is 9.74. The number of halogens is 1. The lowest BCUT2D eigenvalue weighted by molar-refractivity contribution is 0.0963. The van der Waals surface area contributed by atoms with Crippen molar-refractivity contribution >= 4 is 38.7 Å². The van der Waals surface area contributed by atoms with E-state index < -0.39 is 0 Å². The molecule has 0 saturated heterocycles. The van der Waals surface area contributed by atoms with Gasteiger partial charge in [0, 0.05) is 34.2 Å². The molecule has 3 rings (SSSR count).